The first-order valence-corrected chi connectivity index (χ1v) is 14.8. The molecule has 41 heavy (non-hydrogen) atoms. The average molecular weight is 578 g/mol. The molecule has 1 fully saturated rings. The Balaban J connectivity index is 1.45. The van der Waals surface area contributed by atoms with Gasteiger partial charge in [0, 0.05) is 66.9 Å². The van der Waals surface area contributed by atoms with Gasteiger partial charge in [-0.2, -0.15) is 0 Å². The smallest absolute Gasteiger partial charge is 0.136 e. The van der Waals surface area contributed by atoms with Crippen molar-refractivity contribution in [3.05, 3.63) is 70.4 Å². The molecule has 0 spiro atoms. The van der Waals surface area contributed by atoms with E-state index in [0.29, 0.717) is 44.8 Å². The van der Waals surface area contributed by atoms with Gasteiger partial charge in [-0.1, -0.05) is 31.5 Å². The van der Waals surface area contributed by atoms with Gasteiger partial charge in [0.05, 0.1) is 19.3 Å². The molecule has 1 saturated heterocycles. The number of likely N-dealkylation sites (tertiary alicyclic amines) is 1. The summed E-state index contributed by atoms with van der Waals surface area (Å²) < 4.78 is 80.4. The van der Waals surface area contributed by atoms with E-state index in [-0.39, 0.29) is 30.3 Å². The monoisotopic (exact) mass is 577 g/mol. The van der Waals surface area contributed by atoms with E-state index in [9.17, 15) is 4.39 Å². The van der Waals surface area contributed by atoms with Crippen molar-refractivity contribution in [1.29, 1.82) is 0 Å². The SMILES string of the molecule is CCCCOC[C@H](F)CN1[C@H](c2c(F)cc(C(F)C3CN(CCCF)C3)cc2F)c2[nH]c3ccccc3c2C[C@H]1C. The van der Waals surface area contributed by atoms with Gasteiger partial charge in [0.2, 0.25) is 0 Å². The van der Waals surface area contributed by atoms with E-state index in [1.165, 1.54) is 0 Å². The lowest BCUT2D eigenvalue weighted by atomic mass is 9.85. The molecule has 1 N–H and O–H groups in total. The van der Waals surface area contributed by atoms with E-state index >= 15 is 17.6 Å². The Labute approximate surface area is 238 Å². The summed E-state index contributed by atoms with van der Waals surface area (Å²) in [6, 6.07) is 8.76. The van der Waals surface area contributed by atoms with Crippen molar-refractivity contribution in [3.8, 4) is 0 Å². The molecule has 0 bridgehead atoms. The number of hydrogen-bond donors (Lipinski definition) is 1. The Morgan fingerprint density at radius 3 is 2.51 bits per heavy atom. The molecule has 1 aromatic heterocycles. The van der Waals surface area contributed by atoms with Crippen molar-refractivity contribution < 1.29 is 26.7 Å². The minimum atomic E-state index is -1.53. The Kier molecular flexibility index (Phi) is 9.66. The van der Waals surface area contributed by atoms with Crippen molar-refractivity contribution in [1.82, 2.24) is 14.8 Å². The predicted octanol–water partition coefficient (Wildman–Crippen LogP) is 7.24. The molecule has 5 rings (SSSR count). The van der Waals surface area contributed by atoms with E-state index in [2.05, 4.69) is 4.98 Å². The zero-order valence-corrected chi connectivity index (χ0v) is 23.8. The molecule has 224 valence electrons. The standard InChI is InChI=1S/C32H40F5N3O/c1-3-4-12-41-19-23(34)18-40-20(2)13-25-24-8-5-6-9-28(24)38-31(25)32(40)29-26(35)14-21(15-27(29)36)30(37)22-16-39(17-22)11-7-10-33/h5-6,8-9,14-15,20,22-23,30,32,38H,3-4,7,10-13,16-19H2,1-2H3/t20-,23-,30?,32-/m1/s1. The lowest BCUT2D eigenvalue weighted by molar-refractivity contribution is 0.0355. The maximum absolute atomic E-state index is 15.9. The van der Waals surface area contributed by atoms with Gasteiger partial charge in [0.25, 0.3) is 0 Å². The fourth-order valence-corrected chi connectivity index (χ4v) is 6.40. The molecule has 2 aromatic carbocycles. The summed E-state index contributed by atoms with van der Waals surface area (Å²) >= 11 is 0. The molecule has 0 radical (unpaired) electrons. The number of aromatic nitrogens is 1. The molecule has 1 unspecified atom stereocenters. The summed E-state index contributed by atoms with van der Waals surface area (Å²) in [7, 11) is 0. The van der Waals surface area contributed by atoms with E-state index in [4.69, 9.17) is 4.74 Å². The molecular weight excluding hydrogens is 537 g/mol. The lowest BCUT2D eigenvalue weighted by Gasteiger charge is -2.42. The van der Waals surface area contributed by atoms with Crippen LogP contribution >= 0.6 is 0 Å². The van der Waals surface area contributed by atoms with Crippen molar-refractivity contribution >= 4 is 10.9 Å². The molecule has 2 aliphatic heterocycles. The minimum Gasteiger partial charge on any atom is -0.378 e. The first-order chi connectivity index (χ1) is 19.8. The van der Waals surface area contributed by atoms with Crippen LogP contribution in [0.25, 0.3) is 10.9 Å². The molecule has 4 nitrogen and oxygen atoms in total. The van der Waals surface area contributed by atoms with Crippen LogP contribution in [0.3, 0.4) is 0 Å². The highest BCUT2D eigenvalue weighted by Gasteiger charge is 2.41. The Morgan fingerprint density at radius 1 is 1.07 bits per heavy atom. The number of ether oxygens (including phenoxy) is 1. The number of fused-ring (bicyclic) bond motifs is 3. The fourth-order valence-electron chi connectivity index (χ4n) is 6.40. The van der Waals surface area contributed by atoms with Gasteiger partial charge in [0.1, 0.15) is 24.0 Å². The van der Waals surface area contributed by atoms with Crippen LogP contribution in [0.4, 0.5) is 22.0 Å². The summed E-state index contributed by atoms with van der Waals surface area (Å²) in [5.41, 5.74) is 2.18. The first kappa shape index (κ1) is 30.0. The highest BCUT2D eigenvalue weighted by atomic mass is 19.1. The van der Waals surface area contributed by atoms with Gasteiger partial charge in [-0.3, -0.25) is 9.29 Å². The summed E-state index contributed by atoms with van der Waals surface area (Å²) in [6.45, 7) is 5.26. The van der Waals surface area contributed by atoms with E-state index in [0.717, 1.165) is 41.4 Å². The van der Waals surface area contributed by atoms with Crippen molar-refractivity contribution in [3.63, 3.8) is 0 Å². The van der Waals surface area contributed by atoms with Gasteiger partial charge >= 0.3 is 0 Å². The maximum Gasteiger partial charge on any atom is 0.136 e. The van der Waals surface area contributed by atoms with Crippen LogP contribution in [0.5, 0.6) is 0 Å². The first-order valence-electron chi connectivity index (χ1n) is 14.8. The number of hydrogen-bond acceptors (Lipinski definition) is 3. The number of halogens is 5. The van der Waals surface area contributed by atoms with E-state index < -0.39 is 42.6 Å². The summed E-state index contributed by atoms with van der Waals surface area (Å²) in [5, 5.41) is 0.974. The molecule has 3 aromatic rings. The largest absolute Gasteiger partial charge is 0.378 e. The van der Waals surface area contributed by atoms with Crippen LogP contribution in [-0.2, 0) is 11.2 Å². The summed E-state index contributed by atoms with van der Waals surface area (Å²) in [5.74, 6) is -2.09. The number of unbranched alkanes of at least 4 members (excludes halogenated alkanes) is 1. The molecular formula is C32H40F5N3O. The normalized spacial score (nSPS) is 21.6. The highest BCUT2D eigenvalue weighted by molar-refractivity contribution is 5.85. The molecule has 0 saturated carbocycles. The van der Waals surface area contributed by atoms with Crippen molar-refractivity contribution in [2.45, 2.75) is 64.0 Å². The number of aromatic amines is 1. The average Bonchev–Trinajstić information content (AvgIpc) is 3.29. The number of benzene rings is 2. The number of alkyl halides is 3. The van der Waals surface area contributed by atoms with Crippen LogP contribution in [0.15, 0.2) is 36.4 Å². The summed E-state index contributed by atoms with van der Waals surface area (Å²) in [6.07, 6.45) is -0.121. The lowest BCUT2D eigenvalue weighted by Crippen LogP contribution is -2.49. The predicted molar refractivity (Wildman–Crippen MR) is 151 cm³/mol. The van der Waals surface area contributed by atoms with Crippen molar-refractivity contribution in [2.75, 3.05) is 46.1 Å². The molecule has 9 heteroatoms. The number of rotatable bonds is 13. The molecule has 0 amide bonds. The number of nitrogens with one attached hydrogen (secondary N) is 1. The fraction of sp³-hybridized carbons (Fsp3) is 0.562. The van der Waals surface area contributed by atoms with Gasteiger partial charge in [-0.05, 0) is 55.5 Å². The van der Waals surface area contributed by atoms with Crippen molar-refractivity contribution in [2.24, 2.45) is 5.92 Å². The topological polar surface area (TPSA) is 31.5 Å². The molecule has 2 aliphatic rings. The molecule has 4 atom stereocenters. The van der Waals surface area contributed by atoms with Gasteiger partial charge in [0.15, 0.2) is 0 Å². The van der Waals surface area contributed by atoms with Crippen LogP contribution in [0.1, 0.15) is 67.7 Å². The quantitative estimate of drug-likeness (QED) is 0.172. The third kappa shape index (κ3) is 6.32. The van der Waals surface area contributed by atoms with E-state index in [1.807, 2.05) is 43.0 Å². The highest BCUT2D eigenvalue weighted by Crippen LogP contribution is 2.44. The third-order valence-electron chi connectivity index (χ3n) is 8.57. The minimum absolute atomic E-state index is 0.0427. The Morgan fingerprint density at radius 2 is 1.80 bits per heavy atom. The van der Waals surface area contributed by atoms with Crippen LogP contribution in [0, 0.1) is 17.6 Å². The van der Waals surface area contributed by atoms with Crippen LogP contribution in [-0.4, -0.2) is 73.1 Å². The Bertz CT molecular complexity index is 1290. The molecule has 0 aliphatic carbocycles. The van der Waals surface area contributed by atoms with Crippen LogP contribution in [0.2, 0.25) is 0 Å². The number of nitrogens with zero attached hydrogens (tertiary/aromatic N) is 2. The summed E-state index contributed by atoms with van der Waals surface area (Å²) in [4.78, 5) is 7.10. The van der Waals surface area contributed by atoms with Gasteiger partial charge < -0.3 is 14.6 Å². The zero-order chi connectivity index (χ0) is 29.1. The maximum atomic E-state index is 15.9. The van der Waals surface area contributed by atoms with Crippen LogP contribution < -0.4 is 0 Å². The third-order valence-corrected chi connectivity index (χ3v) is 8.57. The zero-order valence-electron chi connectivity index (χ0n) is 23.8. The van der Waals surface area contributed by atoms with Gasteiger partial charge in [-0.25, -0.2) is 17.6 Å². The number of para-hydroxylation sites is 1. The molecule has 3 heterocycles. The number of H-pyrrole nitrogens is 1. The second-order valence-corrected chi connectivity index (χ2v) is 11.6. The van der Waals surface area contributed by atoms with Gasteiger partial charge in [-0.15, -0.1) is 0 Å². The Hall–Kier alpha value is -2.49. The van der Waals surface area contributed by atoms with E-state index in [1.54, 1.807) is 4.90 Å². The second kappa shape index (κ2) is 13.2. The second-order valence-electron chi connectivity index (χ2n) is 11.6.